The number of hydrogen-bond acceptors (Lipinski definition) is 3. The fourth-order valence-corrected chi connectivity index (χ4v) is 2.69. The van der Waals surface area contributed by atoms with Crippen LogP contribution in [0.3, 0.4) is 0 Å². The summed E-state index contributed by atoms with van der Waals surface area (Å²) >= 11 is 1.26. The number of likely N-dealkylation sites (tertiary alicyclic amines) is 1. The van der Waals surface area contributed by atoms with Crippen molar-refractivity contribution in [1.82, 2.24) is 4.90 Å². The van der Waals surface area contributed by atoms with Crippen LogP contribution in [0.2, 0.25) is 0 Å². The molecule has 1 fully saturated rings. The molecule has 0 aliphatic carbocycles. The van der Waals surface area contributed by atoms with Gasteiger partial charge in [0.15, 0.2) is 0 Å². The third-order valence-corrected chi connectivity index (χ3v) is 3.86. The van der Waals surface area contributed by atoms with E-state index >= 15 is 0 Å². The van der Waals surface area contributed by atoms with Gasteiger partial charge in [0.05, 0.1) is 5.75 Å². The van der Waals surface area contributed by atoms with Crippen LogP contribution >= 0.6 is 11.8 Å². The monoisotopic (exact) mass is 265 g/mol. The van der Waals surface area contributed by atoms with Crippen molar-refractivity contribution in [3.8, 4) is 0 Å². The normalized spacial score (nSPS) is 20.0. The highest BCUT2D eigenvalue weighted by atomic mass is 32.2. The van der Waals surface area contributed by atoms with Gasteiger partial charge in [-0.3, -0.25) is 4.79 Å². The minimum absolute atomic E-state index is 0.102. The molecule has 2 aliphatic rings. The molecule has 1 saturated heterocycles. The van der Waals surface area contributed by atoms with Gasteiger partial charge in [-0.1, -0.05) is 18.3 Å². The standard InChI is InChI=1S/C12H15N3O2S/c1-9-7-13-12(17)14-11(9)18-8-10(16)15-5-3-2-4-6-15/h7H,1-6,8H2. The van der Waals surface area contributed by atoms with Gasteiger partial charge in [-0.05, 0) is 19.3 Å². The van der Waals surface area contributed by atoms with Gasteiger partial charge < -0.3 is 4.90 Å². The lowest BCUT2D eigenvalue weighted by atomic mass is 10.1. The molecule has 0 spiro atoms. The van der Waals surface area contributed by atoms with Gasteiger partial charge in [0.25, 0.3) is 0 Å². The molecular weight excluding hydrogens is 250 g/mol. The zero-order valence-corrected chi connectivity index (χ0v) is 10.9. The topological polar surface area (TPSA) is 62.1 Å². The molecule has 6 heteroatoms. The second-order valence-electron chi connectivity index (χ2n) is 4.21. The first-order valence-electron chi connectivity index (χ1n) is 5.93. The molecule has 2 rings (SSSR count). The Hall–Kier alpha value is -1.43. The summed E-state index contributed by atoms with van der Waals surface area (Å²) in [7, 11) is 0. The molecule has 2 aliphatic heterocycles. The molecule has 5 nitrogen and oxygen atoms in total. The third-order valence-electron chi connectivity index (χ3n) is 2.84. The van der Waals surface area contributed by atoms with E-state index in [1.165, 1.54) is 24.4 Å². The lowest BCUT2D eigenvalue weighted by molar-refractivity contribution is -0.129. The van der Waals surface area contributed by atoms with Crippen molar-refractivity contribution in [3.05, 3.63) is 12.2 Å². The molecule has 0 N–H and O–H groups in total. The van der Waals surface area contributed by atoms with E-state index in [1.807, 2.05) is 4.90 Å². The van der Waals surface area contributed by atoms with Crippen molar-refractivity contribution in [2.24, 2.45) is 9.98 Å². The Balaban J connectivity index is 1.85. The van der Waals surface area contributed by atoms with Gasteiger partial charge in [-0.2, -0.15) is 9.98 Å². The smallest absolute Gasteiger partial charge is 0.342 e. The third kappa shape index (κ3) is 3.29. The molecule has 96 valence electrons. The van der Waals surface area contributed by atoms with Gasteiger partial charge in [0, 0.05) is 24.9 Å². The fraction of sp³-hybridized carbons (Fsp3) is 0.500. The van der Waals surface area contributed by atoms with Gasteiger partial charge in [-0.15, -0.1) is 0 Å². The number of aliphatic imine (C=N–C) groups is 2. The molecule has 0 radical (unpaired) electrons. The number of carbonyl (C=O) groups excluding carboxylic acids is 2. The largest absolute Gasteiger partial charge is 0.368 e. The molecule has 0 aromatic rings. The summed E-state index contributed by atoms with van der Waals surface area (Å²) in [5.74, 6) is 0.407. The van der Waals surface area contributed by atoms with E-state index in [0.29, 0.717) is 16.4 Å². The molecule has 3 amide bonds. The average Bonchev–Trinajstić information content (AvgIpc) is 2.40. The SMILES string of the molecule is C=C1C=NC(=O)N=C1SCC(=O)N1CCCCC1. The van der Waals surface area contributed by atoms with E-state index in [4.69, 9.17) is 0 Å². The Labute approximate surface area is 110 Å². The van der Waals surface area contributed by atoms with Gasteiger partial charge >= 0.3 is 6.03 Å². The second kappa shape index (κ2) is 5.95. The van der Waals surface area contributed by atoms with Crippen LogP contribution in [0.1, 0.15) is 19.3 Å². The van der Waals surface area contributed by atoms with E-state index < -0.39 is 6.03 Å². The summed E-state index contributed by atoms with van der Waals surface area (Å²) in [4.78, 5) is 32.1. The number of rotatable bonds is 2. The first kappa shape index (κ1) is 13.0. The zero-order valence-electron chi connectivity index (χ0n) is 10.1. The highest BCUT2D eigenvalue weighted by Crippen LogP contribution is 2.16. The van der Waals surface area contributed by atoms with Gasteiger partial charge in [0.2, 0.25) is 5.91 Å². The van der Waals surface area contributed by atoms with Crippen LogP contribution in [0.25, 0.3) is 0 Å². The molecule has 2 heterocycles. The number of nitrogens with zero attached hydrogens (tertiary/aromatic N) is 3. The van der Waals surface area contributed by atoms with Crippen LogP contribution in [0.4, 0.5) is 4.79 Å². The van der Waals surface area contributed by atoms with Crippen molar-refractivity contribution in [1.29, 1.82) is 0 Å². The minimum Gasteiger partial charge on any atom is -0.342 e. The van der Waals surface area contributed by atoms with Crippen molar-refractivity contribution in [3.63, 3.8) is 0 Å². The Kier molecular flexibility index (Phi) is 4.30. The number of hydrogen-bond donors (Lipinski definition) is 0. The number of piperidine rings is 1. The van der Waals surface area contributed by atoms with Crippen molar-refractivity contribution >= 4 is 35.0 Å². The molecule has 0 atom stereocenters. The quantitative estimate of drug-likeness (QED) is 0.766. The Morgan fingerprint density at radius 1 is 1.39 bits per heavy atom. The summed E-state index contributed by atoms with van der Waals surface area (Å²) in [6.45, 7) is 5.42. The number of thioether (sulfide) groups is 1. The van der Waals surface area contributed by atoms with Crippen LogP contribution in [0.5, 0.6) is 0 Å². The molecule has 0 saturated carbocycles. The van der Waals surface area contributed by atoms with Crippen molar-refractivity contribution in [2.45, 2.75) is 19.3 Å². The van der Waals surface area contributed by atoms with Gasteiger partial charge in [-0.25, -0.2) is 4.79 Å². The predicted octanol–water partition coefficient (Wildman–Crippen LogP) is 1.89. The zero-order chi connectivity index (χ0) is 13.0. The molecule has 0 unspecified atom stereocenters. The van der Waals surface area contributed by atoms with Crippen LogP contribution < -0.4 is 0 Å². The lowest BCUT2D eigenvalue weighted by Gasteiger charge is -2.26. The highest BCUT2D eigenvalue weighted by molar-refractivity contribution is 8.15. The molecule has 0 aromatic heterocycles. The van der Waals surface area contributed by atoms with E-state index in [2.05, 4.69) is 16.6 Å². The van der Waals surface area contributed by atoms with E-state index in [9.17, 15) is 9.59 Å². The average molecular weight is 265 g/mol. The maximum absolute atomic E-state index is 11.9. The van der Waals surface area contributed by atoms with Crippen LogP contribution in [0, 0.1) is 0 Å². The molecule has 0 bridgehead atoms. The first-order chi connectivity index (χ1) is 8.66. The summed E-state index contributed by atoms with van der Waals surface area (Å²) in [6.07, 6.45) is 4.75. The van der Waals surface area contributed by atoms with E-state index in [0.717, 1.165) is 25.9 Å². The molecule has 18 heavy (non-hydrogen) atoms. The fourth-order valence-electron chi connectivity index (χ4n) is 1.87. The van der Waals surface area contributed by atoms with Crippen LogP contribution in [-0.4, -0.2) is 46.9 Å². The first-order valence-corrected chi connectivity index (χ1v) is 6.92. The molecule has 0 aromatic carbocycles. The van der Waals surface area contributed by atoms with E-state index in [-0.39, 0.29) is 5.91 Å². The van der Waals surface area contributed by atoms with Crippen molar-refractivity contribution < 1.29 is 9.59 Å². The summed E-state index contributed by atoms with van der Waals surface area (Å²) < 4.78 is 0. The maximum Gasteiger partial charge on any atom is 0.368 e. The Morgan fingerprint density at radius 2 is 2.11 bits per heavy atom. The maximum atomic E-state index is 11.9. The Morgan fingerprint density at radius 3 is 2.83 bits per heavy atom. The van der Waals surface area contributed by atoms with Crippen LogP contribution in [-0.2, 0) is 4.79 Å². The molecular formula is C12H15N3O2S. The van der Waals surface area contributed by atoms with E-state index in [1.54, 1.807) is 0 Å². The minimum atomic E-state index is -0.532. The van der Waals surface area contributed by atoms with Gasteiger partial charge in [0.1, 0.15) is 5.04 Å². The summed E-state index contributed by atoms with van der Waals surface area (Å²) in [5.41, 5.74) is 0.589. The predicted molar refractivity (Wildman–Crippen MR) is 73.4 cm³/mol. The Bertz CT molecular complexity index is 437. The summed E-state index contributed by atoms with van der Waals surface area (Å²) in [6, 6.07) is -0.532. The number of amides is 3. The highest BCUT2D eigenvalue weighted by Gasteiger charge is 2.19. The lowest BCUT2D eigenvalue weighted by Crippen LogP contribution is -2.37. The number of urea groups is 1. The summed E-state index contributed by atoms with van der Waals surface area (Å²) in [5, 5.41) is 0.500. The second-order valence-corrected chi connectivity index (χ2v) is 5.18. The number of carbonyl (C=O) groups is 2. The van der Waals surface area contributed by atoms with Crippen molar-refractivity contribution in [2.75, 3.05) is 18.8 Å². The van der Waals surface area contributed by atoms with Crippen LogP contribution in [0.15, 0.2) is 22.1 Å².